The number of rotatable bonds is 7. The van der Waals surface area contributed by atoms with Crippen LogP contribution in [0.15, 0.2) is 78.0 Å². The largest absolute Gasteiger partial charge is 0.356 e. The predicted molar refractivity (Wildman–Crippen MR) is 123 cm³/mol. The van der Waals surface area contributed by atoms with Crippen molar-refractivity contribution in [3.05, 3.63) is 84.2 Å². The van der Waals surface area contributed by atoms with Gasteiger partial charge >= 0.3 is 0 Å². The lowest BCUT2D eigenvalue weighted by Crippen LogP contribution is -2.32. The van der Waals surface area contributed by atoms with Crippen molar-refractivity contribution in [3.63, 3.8) is 0 Å². The zero-order valence-electron chi connectivity index (χ0n) is 15.5. The Morgan fingerprint density at radius 2 is 1.81 bits per heavy atom. The van der Waals surface area contributed by atoms with E-state index in [1.54, 1.807) is 6.20 Å². The van der Waals surface area contributed by atoms with Crippen molar-refractivity contribution in [1.29, 1.82) is 0 Å². The first-order valence-corrected chi connectivity index (χ1v) is 8.93. The maximum Gasteiger partial charge on any atom is 0.196 e. The van der Waals surface area contributed by atoms with Gasteiger partial charge in [-0.2, -0.15) is 5.10 Å². The maximum atomic E-state index is 4.73. The molecule has 0 amide bonds. The van der Waals surface area contributed by atoms with Crippen LogP contribution < -0.4 is 10.6 Å². The highest BCUT2D eigenvalue weighted by Crippen LogP contribution is 2.07. The Morgan fingerprint density at radius 3 is 2.52 bits per heavy atom. The van der Waals surface area contributed by atoms with E-state index in [0.29, 0.717) is 6.54 Å². The van der Waals surface area contributed by atoms with Gasteiger partial charge in [0.15, 0.2) is 5.96 Å². The van der Waals surface area contributed by atoms with Crippen LogP contribution in [0.4, 0.5) is 5.69 Å². The number of nitrogens with zero attached hydrogens (tertiary/aromatic N) is 3. The molecule has 0 fully saturated rings. The Labute approximate surface area is 177 Å². The first-order valence-electron chi connectivity index (χ1n) is 8.93. The van der Waals surface area contributed by atoms with Crippen molar-refractivity contribution in [2.45, 2.75) is 26.4 Å². The molecule has 5 nitrogen and oxygen atoms in total. The smallest absolute Gasteiger partial charge is 0.196 e. The summed E-state index contributed by atoms with van der Waals surface area (Å²) in [5, 5.41) is 11.0. The van der Waals surface area contributed by atoms with Crippen LogP contribution in [0.2, 0.25) is 0 Å². The number of aryl methyl sites for hydroxylation is 2. The van der Waals surface area contributed by atoms with E-state index in [2.05, 4.69) is 46.9 Å². The summed E-state index contributed by atoms with van der Waals surface area (Å²) in [6, 6.07) is 20.5. The van der Waals surface area contributed by atoms with Crippen LogP contribution in [0.3, 0.4) is 0 Å². The number of hydrogen-bond donors (Lipinski definition) is 2. The quantitative estimate of drug-likeness (QED) is 0.230. The molecular formula is C21H26IN5. The summed E-state index contributed by atoms with van der Waals surface area (Å²) in [7, 11) is 0. The van der Waals surface area contributed by atoms with E-state index >= 15 is 0 Å². The van der Waals surface area contributed by atoms with Gasteiger partial charge in [0.2, 0.25) is 0 Å². The molecule has 142 valence electrons. The van der Waals surface area contributed by atoms with Gasteiger partial charge in [-0.1, -0.05) is 48.0 Å². The van der Waals surface area contributed by atoms with Crippen molar-refractivity contribution in [2.24, 2.45) is 4.99 Å². The Morgan fingerprint density at radius 1 is 1.04 bits per heavy atom. The summed E-state index contributed by atoms with van der Waals surface area (Å²) >= 11 is 0. The predicted octanol–water partition coefficient (Wildman–Crippen LogP) is 4.46. The molecule has 3 rings (SSSR count). The second kappa shape index (κ2) is 11.4. The zero-order valence-corrected chi connectivity index (χ0v) is 17.8. The third-order valence-corrected chi connectivity index (χ3v) is 3.99. The number of aromatic nitrogens is 2. The van der Waals surface area contributed by atoms with E-state index < -0.39 is 0 Å². The van der Waals surface area contributed by atoms with Crippen LogP contribution in [0.5, 0.6) is 0 Å². The molecule has 2 N–H and O–H groups in total. The van der Waals surface area contributed by atoms with Crippen LogP contribution in [0, 0.1) is 6.92 Å². The molecule has 0 atom stereocenters. The van der Waals surface area contributed by atoms with Gasteiger partial charge in [-0.3, -0.25) is 4.68 Å². The molecule has 1 aromatic heterocycles. The number of aliphatic imine (C=N–C) groups is 1. The van der Waals surface area contributed by atoms with Gasteiger partial charge < -0.3 is 10.6 Å². The van der Waals surface area contributed by atoms with Crippen molar-refractivity contribution < 1.29 is 0 Å². The molecule has 3 aromatic rings. The van der Waals surface area contributed by atoms with Crippen LogP contribution in [0.25, 0.3) is 0 Å². The number of hydrogen-bond acceptors (Lipinski definition) is 2. The highest BCUT2D eigenvalue weighted by atomic mass is 127. The highest BCUT2D eigenvalue weighted by Gasteiger charge is 2.01. The molecule has 0 bridgehead atoms. The minimum Gasteiger partial charge on any atom is -0.356 e. The fraction of sp³-hybridized carbons (Fsp3) is 0.238. The van der Waals surface area contributed by atoms with Gasteiger partial charge in [-0.25, -0.2) is 4.99 Å². The molecule has 27 heavy (non-hydrogen) atoms. The third-order valence-electron chi connectivity index (χ3n) is 3.99. The Balaban J connectivity index is 0.00000261. The Hall–Kier alpha value is -2.35. The molecule has 0 saturated heterocycles. The molecule has 6 heteroatoms. The number of benzene rings is 2. The summed E-state index contributed by atoms with van der Waals surface area (Å²) in [5.74, 6) is 0.789. The summed E-state index contributed by atoms with van der Waals surface area (Å²) in [6.07, 6.45) is 4.76. The molecular weight excluding hydrogens is 449 g/mol. The van der Waals surface area contributed by atoms with E-state index in [9.17, 15) is 0 Å². The topological polar surface area (TPSA) is 54.2 Å². The Kier molecular flexibility index (Phi) is 8.83. The minimum atomic E-state index is 0. The monoisotopic (exact) mass is 475 g/mol. The second-order valence-corrected chi connectivity index (χ2v) is 6.19. The fourth-order valence-corrected chi connectivity index (χ4v) is 2.54. The first-order chi connectivity index (χ1) is 12.8. The van der Waals surface area contributed by atoms with Crippen LogP contribution >= 0.6 is 24.0 Å². The minimum absolute atomic E-state index is 0. The first kappa shape index (κ1) is 21.0. The number of para-hydroxylation sites is 1. The van der Waals surface area contributed by atoms with Gasteiger partial charge in [0.1, 0.15) is 0 Å². The van der Waals surface area contributed by atoms with Crippen molar-refractivity contribution >= 4 is 35.6 Å². The summed E-state index contributed by atoms with van der Waals surface area (Å²) in [5.41, 5.74) is 3.48. The Bertz CT molecular complexity index is 798. The van der Waals surface area contributed by atoms with Crippen molar-refractivity contribution in [3.8, 4) is 0 Å². The average Bonchev–Trinajstić information content (AvgIpc) is 3.18. The maximum absolute atomic E-state index is 4.73. The van der Waals surface area contributed by atoms with E-state index in [-0.39, 0.29) is 24.0 Å². The van der Waals surface area contributed by atoms with Crippen molar-refractivity contribution in [1.82, 2.24) is 15.1 Å². The molecule has 0 unspecified atom stereocenters. The van der Waals surface area contributed by atoms with Gasteiger partial charge in [0.05, 0.1) is 6.54 Å². The van der Waals surface area contributed by atoms with Crippen molar-refractivity contribution in [2.75, 3.05) is 11.9 Å². The summed E-state index contributed by atoms with van der Waals surface area (Å²) in [4.78, 5) is 4.73. The van der Waals surface area contributed by atoms with E-state index in [4.69, 9.17) is 4.99 Å². The van der Waals surface area contributed by atoms with Crippen LogP contribution in [-0.4, -0.2) is 22.3 Å². The number of nitrogens with one attached hydrogen (secondary N) is 2. The van der Waals surface area contributed by atoms with Gasteiger partial charge in [-0.05, 0) is 37.1 Å². The van der Waals surface area contributed by atoms with E-state index in [0.717, 1.165) is 31.2 Å². The molecule has 0 aliphatic rings. The molecule has 0 aliphatic heterocycles. The lowest BCUT2D eigenvalue weighted by Gasteiger charge is -2.13. The molecule has 0 aliphatic carbocycles. The highest BCUT2D eigenvalue weighted by molar-refractivity contribution is 14.0. The fourth-order valence-electron chi connectivity index (χ4n) is 2.54. The molecule has 0 radical (unpaired) electrons. The third kappa shape index (κ3) is 7.42. The SMILES string of the molecule is Cc1ccc(CN=C(NCCCn2cccn2)Nc2ccccc2)cc1.I. The molecule has 0 spiro atoms. The number of guanidine groups is 1. The normalized spacial score (nSPS) is 10.9. The van der Waals surface area contributed by atoms with E-state index in [1.807, 2.05) is 47.3 Å². The lowest BCUT2D eigenvalue weighted by molar-refractivity contribution is 0.572. The van der Waals surface area contributed by atoms with E-state index in [1.165, 1.54) is 11.1 Å². The lowest BCUT2D eigenvalue weighted by atomic mass is 10.1. The van der Waals surface area contributed by atoms with Gasteiger partial charge in [0.25, 0.3) is 0 Å². The number of anilines is 1. The standard InChI is InChI=1S/C21H25N5.HI/c1-18-9-11-19(12-10-18)17-23-21(25-20-7-3-2-4-8-20)22-13-5-15-26-16-6-14-24-26;/h2-4,6-12,14,16H,5,13,15,17H2,1H3,(H2,22,23,25);1H. The van der Waals surface area contributed by atoms with Crippen LogP contribution in [-0.2, 0) is 13.1 Å². The molecule has 0 saturated carbocycles. The van der Waals surface area contributed by atoms with Gasteiger partial charge in [0, 0.05) is 31.2 Å². The summed E-state index contributed by atoms with van der Waals surface area (Å²) in [6.45, 7) is 4.45. The molecule has 2 aromatic carbocycles. The number of halogens is 1. The van der Waals surface area contributed by atoms with Gasteiger partial charge in [-0.15, -0.1) is 24.0 Å². The zero-order chi connectivity index (χ0) is 18.0. The average molecular weight is 475 g/mol. The molecule has 1 heterocycles. The second-order valence-electron chi connectivity index (χ2n) is 6.19. The van der Waals surface area contributed by atoms with Crippen LogP contribution in [0.1, 0.15) is 17.5 Å². The summed E-state index contributed by atoms with van der Waals surface area (Å²) < 4.78 is 1.94.